The van der Waals surface area contributed by atoms with Gasteiger partial charge in [0.2, 0.25) is 0 Å². The van der Waals surface area contributed by atoms with Crippen LogP contribution in [-0.4, -0.2) is 49.6 Å². The molecule has 2 N–H and O–H groups in total. The summed E-state index contributed by atoms with van der Waals surface area (Å²) < 4.78 is 6.25. The normalized spacial score (nSPS) is 10.6. The predicted octanol–water partition coefficient (Wildman–Crippen LogP) is 3.12. The number of aliphatic hydroxyl groups is 2. The van der Waals surface area contributed by atoms with E-state index in [0.717, 1.165) is 36.0 Å². The van der Waals surface area contributed by atoms with Gasteiger partial charge in [0.1, 0.15) is 0 Å². The van der Waals surface area contributed by atoms with E-state index in [1.807, 2.05) is 48.5 Å². The quantitative estimate of drug-likeness (QED) is 0.693. The second kappa shape index (κ2) is 9.91. The zero-order valence-corrected chi connectivity index (χ0v) is 15.1. The van der Waals surface area contributed by atoms with E-state index in [1.54, 1.807) is 0 Å². The van der Waals surface area contributed by atoms with Crippen molar-refractivity contribution in [3.63, 3.8) is 0 Å². The van der Waals surface area contributed by atoms with Crippen LogP contribution in [0.3, 0.4) is 0 Å². The van der Waals surface area contributed by atoms with E-state index in [0.29, 0.717) is 13.1 Å². The standard InChI is InChI=1S/C20H28N2O3/c1-3-21(13-15-23)17-9-5-7-11-19(17)25-20-12-8-6-10-18(20)22(4-2)14-16-24/h5-12,23-24H,3-4,13-16H2,1-2H3. The SMILES string of the molecule is CCN(CCO)c1ccccc1Oc1ccccc1N(CC)CCO. The molecule has 0 aliphatic heterocycles. The number of nitrogens with zero attached hydrogens (tertiary/aromatic N) is 2. The average Bonchev–Trinajstić information content (AvgIpc) is 2.65. The number of aliphatic hydroxyl groups excluding tert-OH is 2. The fraction of sp³-hybridized carbons (Fsp3) is 0.400. The maximum atomic E-state index is 9.30. The Morgan fingerprint density at radius 3 is 1.48 bits per heavy atom. The number of hydrogen-bond acceptors (Lipinski definition) is 5. The van der Waals surface area contributed by atoms with Gasteiger partial charge in [-0.05, 0) is 38.1 Å². The highest BCUT2D eigenvalue weighted by Gasteiger charge is 2.14. The molecule has 0 aromatic heterocycles. The molecule has 0 bridgehead atoms. The Labute approximate surface area is 150 Å². The number of likely N-dealkylation sites (N-methyl/N-ethyl adjacent to an activating group) is 2. The molecule has 0 unspecified atom stereocenters. The summed E-state index contributed by atoms with van der Waals surface area (Å²) in [6.45, 7) is 7.00. The molecule has 0 saturated carbocycles. The fourth-order valence-corrected chi connectivity index (χ4v) is 2.87. The molecule has 0 atom stereocenters. The molecule has 0 saturated heterocycles. The van der Waals surface area contributed by atoms with Crippen molar-refractivity contribution in [2.45, 2.75) is 13.8 Å². The molecule has 2 aromatic carbocycles. The number of benzene rings is 2. The van der Waals surface area contributed by atoms with Crippen LogP contribution < -0.4 is 14.5 Å². The molecule has 0 amide bonds. The van der Waals surface area contributed by atoms with Gasteiger partial charge in [-0.15, -0.1) is 0 Å². The first kappa shape index (κ1) is 19.1. The molecule has 0 aliphatic carbocycles. The third kappa shape index (κ3) is 4.87. The molecule has 0 aliphatic rings. The van der Waals surface area contributed by atoms with E-state index >= 15 is 0 Å². The van der Waals surface area contributed by atoms with Crippen LogP contribution in [0.4, 0.5) is 11.4 Å². The van der Waals surface area contributed by atoms with Crippen LogP contribution in [-0.2, 0) is 0 Å². The molecule has 5 heteroatoms. The summed E-state index contributed by atoms with van der Waals surface area (Å²) in [5.74, 6) is 1.51. The summed E-state index contributed by atoms with van der Waals surface area (Å²) in [7, 11) is 0. The zero-order valence-electron chi connectivity index (χ0n) is 15.1. The van der Waals surface area contributed by atoms with Gasteiger partial charge in [-0.2, -0.15) is 0 Å². The first-order chi connectivity index (χ1) is 12.2. The van der Waals surface area contributed by atoms with E-state index in [1.165, 1.54) is 0 Å². The summed E-state index contributed by atoms with van der Waals surface area (Å²) in [4.78, 5) is 4.17. The molecule has 0 heterocycles. The number of hydrogen-bond donors (Lipinski definition) is 2. The molecule has 0 radical (unpaired) electrons. The first-order valence-electron chi connectivity index (χ1n) is 8.82. The van der Waals surface area contributed by atoms with Crippen molar-refractivity contribution in [2.75, 3.05) is 49.2 Å². The molecule has 136 valence electrons. The van der Waals surface area contributed by atoms with Gasteiger partial charge in [-0.25, -0.2) is 0 Å². The van der Waals surface area contributed by atoms with Crippen LogP contribution in [0.25, 0.3) is 0 Å². The summed E-state index contributed by atoms with van der Waals surface area (Å²) in [5, 5.41) is 18.6. The Balaban J connectivity index is 2.35. The van der Waals surface area contributed by atoms with Gasteiger partial charge in [-0.1, -0.05) is 24.3 Å². The third-order valence-electron chi connectivity index (χ3n) is 4.14. The van der Waals surface area contributed by atoms with Crippen molar-refractivity contribution in [2.24, 2.45) is 0 Å². The third-order valence-corrected chi connectivity index (χ3v) is 4.14. The maximum Gasteiger partial charge on any atom is 0.150 e. The lowest BCUT2D eigenvalue weighted by Gasteiger charge is -2.27. The van der Waals surface area contributed by atoms with Crippen molar-refractivity contribution >= 4 is 11.4 Å². The summed E-state index contributed by atoms with van der Waals surface area (Å²) in [5.41, 5.74) is 1.91. The molecule has 0 spiro atoms. The lowest BCUT2D eigenvalue weighted by atomic mass is 10.2. The van der Waals surface area contributed by atoms with E-state index in [4.69, 9.17) is 4.74 Å². The summed E-state index contributed by atoms with van der Waals surface area (Å²) >= 11 is 0. The highest BCUT2D eigenvalue weighted by Crippen LogP contribution is 2.36. The topological polar surface area (TPSA) is 56.2 Å². The molecule has 2 rings (SSSR count). The highest BCUT2D eigenvalue weighted by atomic mass is 16.5. The Bertz CT molecular complexity index is 593. The second-order valence-electron chi connectivity index (χ2n) is 5.64. The Morgan fingerprint density at radius 2 is 1.12 bits per heavy atom. The summed E-state index contributed by atoms with van der Waals surface area (Å²) in [6.07, 6.45) is 0. The van der Waals surface area contributed by atoms with E-state index < -0.39 is 0 Å². The van der Waals surface area contributed by atoms with Crippen molar-refractivity contribution < 1.29 is 14.9 Å². The Hall–Kier alpha value is -2.24. The molecule has 5 nitrogen and oxygen atoms in total. The molecular weight excluding hydrogens is 316 g/mol. The minimum atomic E-state index is 0.0961. The number of para-hydroxylation sites is 4. The number of ether oxygens (including phenoxy) is 1. The average molecular weight is 344 g/mol. The van der Waals surface area contributed by atoms with Gasteiger partial charge >= 0.3 is 0 Å². The largest absolute Gasteiger partial charge is 0.453 e. The smallest absolute Gasteiger partial charge is 0.150 e. The van der Waals surface area contributed by atoms with Gasteiger partial charge in [0.25, 0.3) is 0 Å². The van der Waals surface area contributed by atoms with Crippen LogP contribution >= 0.6 is 0 Å². The summed E-state index contributed by atoms with van der Waals surface area (Å²) in [6, 6.07) is 15.7. The molecular formula is C20H28N2O3. The zero-order chi connectivity index (χ0) is 18.1. The van der Waals surface area contributed by atoms with E-state index in [2.05, 4.69) is 23.6 Å². The molecule has 25 heavy (non-hydrogen) atoms. The molecule has 0 fully saturated rings. The van der Waals surface area contributed by atoms with Crippen LogP contribution in [0.2, 0.25) is 0 Å². The monoisotopic (exact) mass is 344 g/mol. The van der Waals surface area contributed by atoms with Crippen molar-refractivity contribution in [3.05, 3.63) is 48.5 Å². The lowest BCUT2D eigenvalue weighted by molar-refractivity contribution is 0.302. The van der Waals surface area contributed by atoms with Gasteiger partial charge in [0, 0.05) is 26.2 Å². The second-order valence-corrected chi connectivity index (χ2v) is 5.64. The predicted molar refractivity (Wildman–Crippen MR) is 103 cm³/mol. The molecule has 2 aromatic rings. The Morgan fingerprint density at radius 1 is 0.720 bits per heavy atom. The van der Waals surface area contributed by atoms with E-state index in [9.17, 15) is 10.2 Å². The van der Waals surface area contributed by atoms with Crippen LogP contribution in [0.5, 0.6) is 11.5 Å². The van der Waals surface area contributed by atoms with Gasteiger partial charge < -0.3 is 24.7 Å². The van der Waals surface area contributed by atoms with Gasteiger partial charge in [0.15, 0.2) is 11.5 Å². The first-order valence-corrected chi connectivity index (χ1v) is 8.82. The minimum Gasteiger partial charge on any atom is -0.453 e. The van der Waals surface area contributed by atoms with Crippen LogP contribution in [0, 0.1) is 0 Å². The lowest BCUT2D eigenvalue weighted by Crippen LogP contribution is -2.27. The highest BCUT2D eigenvalue weighted by molar-refractivity contribution is 5.64. The maximum absolute atomic E-state index is 9.30. The number of rotatable bonds is 10. The van der Waals surface area contributed by atoms with Crippen molar-refractivity contribution in [1.29, 1.82) is 0 Å². The number of anilines is 2. The van der Waals surface area contributed by atoms with Crippen molar-refractivity contribution in [1.82, 2.24) is 0 Å². The fourth-order valence-electron chi connectivity index (χ4n) is 2.87. The Kier molecular flexibility index (Phi) is 7.57. The van der Waals surface area contributed by atoms with Crippen molar-refractivity contribution in [3.8, 4) is 11.5 Å². The van der Waals surface area contributed by atoms with Crippen LogP contribution in [0.15, 0.2) is 48.5 Å². The minimum absolute atomic E-state index is 0.0961. The van der Waals surface area contributed by atoms with Gasteiger partial charge in [-0.3, -0.25) is 0 Å². The van der Waals surface area contributed by atoms with Crippen LogP contribution in [0.1, 0.15) is 13.8 Å². The van der Waals surface area contributed by atoms with Gasteiger partial charge in [0.05, 0.1) is 24.6 Å². The van der Waals surface area contributed by atoms with E-state index in [-0.39, 0.29) is 13.2 Å².